The number of amides is 1. The maximum absolute atomic E-state index is 15.3. The maximum atomic E-state index is 15.3. The Balaban J connectivity index is 1.32. The largest absolute Gasteiger partial charge is 0.419 e. The van der Waals surface area contributed by atoms with Crippen molar-refractivity contribution in [3.63, 3.8) is 0 Å². The van der Waals surface area contributed by atoms with Crippen LogP contribution in [0.1, 0.15) is 48.9 Å². The molecule has 0 spiro atoms. The van der Waals surface area contributed by atoms with Gasteiger partial charge in [0.25, 0.3) is 0 Å². The van der Waals surface area contributed by atoms with E-state index in [0.29, 0.717) is 12.1 Å². The zero-order chi connectivity index (χ0) is 33.6. The Morgan fingerprint density at radius 1 is 0.891 bits per heavy atom. The van der Waals surface area contributed by atoms with E-state index in [2.05, 4.69) is 10.3 Å². The molecule has 5 rings (SSSR count). The molecule has 0 unspecified atom stereocenters. The summed E-state index contributed by atoms with van der Waals surface area (Å²) in [7, 11) is 0. The molecule has 0 aliphatic heterocycles. The average Bonchev–Trinajstić information content (AvgIpc) is 3.59. The summed E-state index contributed by atoms with van der Waals surface area (Å²) >= 11 is 18.7. The summed E-state index contributed by atoms with van der Waals surface area (Å²) < 4.78 is 81.5. The molecule has 1 amide bonds. The van der Waals surface area contributed by atoms with Crippen molar-refractivity contribution in [1.82, 2.24) is 4.98 Å². The van der Waals surface area contributed by atoms with E-state index in [1.165, 1.54) is 42.7 Å². The number of ketones is 2. The number of Topliss-reactive ketones (excluding diaryl/α,β-unsaturated/α-hetero) is 2. The molecular weight excluding hydrogens is 681 g/mol. The van der Waals surface area contributed by atoms with Gasteiger partial charge in [0.05, 0.1) is 16.5 Å². The van der Waals surface area contributed by atoms with Gasteiger partial charge < -0.3 is 5.32 Å². The SMILES string of the molecule is O=C(Cc1c(F)ccc(CC(=O)c2cc(NC(=O)[C@H]3[C@H](c4ccc(F)c(C(F)(F)F)c4)C3(Cl)Cl)ccc2Cl)c1F)c1cccnc1. The lowest BCUT2D eigenvalue weighted by Gasteiger charge is -2.12. The minimum Gasteiger partial charge on any atom is -0.326 e. The molecule has 1 aliphatic carbocycles. The van der Waals surface area contributed by atoms with E-state index < -0.39 is 81.2 Å². The molecule has 1 fully saturated rings. The Morgan fingerprint density at radius 2 is 1.61 bits per heavy atom. The Morgan fingerprint density at radius 3 is 2.28 bits per heavy atom. The molecule has 1 aliphatic rings. The third-order valence-corrected chi connectivity index (χ3v) is 8.73. The van der Waals surface area contributed by atoms with Gasteiger partial charge in [0.1, 0.15) is 21.8 Å². The number of anilines is 1. The molecule has 1 saturated carbocycles. The fraction of sp³-hybridized carbons (Fsp3) is 0.188. The summed E-state index contributed by atoms with van der Waals surface area (Å²) in [6.45, 7) is 0. The first-order valence-electron chi connectivity index (χ1n) is 13.4. The average molecular weight is 700 g/mol. The molecule has 4 aromatic rings. The lowest BCUT2D eigenvalue weighted by atomic mass is 9.97. The molecule has 0 radical (unpaired) electrons. The molecular formula is C32H19Cl3F6N2O3. The number of nitrogens with one attached hydrogen (secondary N) is 1. The number of halogens is 9. The summed E-state index contributed by atoms with van der Waals surface area (Å²) in [5.74, 6) is -8.00. The van der Waals surface area contributed by atoms with Gasteiger partial charge in [-0.2, -0.15) is 13.2 Å². The summed E-state index contributed by atoms with van der Waals surface area (Å²) in [6, 6.07) is 10.9. The molecule has 14 heteroatoms. The van der Waals surface area contributed by atoms with Gasteiger partial charge in [0.2, 0.25) is 5.91 Å². The maximum Gasteiger partial charge on any atom is 0.419 e. The predicted octanol–water partition coefficient (Wildman–Crippen LogP) is 8.55. The minimum atomic E-state index is -4.99. The van der Waals surface area contributed by atoms with Gasteiger partial charge in [-0.3, -0.25) is 19.4 Å². The topological polar surface area (TPSA) is 76.1 Å². The number of aromatic nitrogens is 1. The van der Waals surface area contributed by atoms with Crippen LogP contribution < -0.4 is 5.32 Å². The van der Waals surface area contributed by atoms with E-state index in [-0.39, 0.29) is 33.0 Å². The van der Waals surface area contributed by atoms with E-state index in [1.807, 2.05) is 0 Å². The number of alkyl halides is 5. The number of rotatable bonds is 9. The third-order valence-electron chi connectivity index (χ3n) is 7.46. The zero-order valence-electron chi connectivity index (χ0n) is 23.1. The van der Waals surface area contributed by atoms with Crippen molar-refractivity contribution in [1.29, 1.82) is 0 Å². The van der Waals surface area contributed by atoms with Crippen molar-refractivity contribution in [2.75, 3.05) is 5.32 Å². The second-order valence-corrected chi connectivity index (χ2v) is 12.3. The van der Waals surface area contributed by atoms with Crippen LogP contribution in [0.4, 0.5) is 32.0 Å². The van der Waals surface area contributed by atoms with Crippen LogP contribution in [0.5, 0.6) is 0 Å². The Bertz CT molecular complexity index is 1870. The van der Waals surface area contributed by atoms with Gasteiger partial charge in [-0.25, -0.2) is 13.2 Å². The molecule has 2 atom stereocenters. The first-order chi connectivity index (χ1) is 21.6. The Kier molecular flexibility index (Phi) is 9.23. The van der Waals surface area contributed by atoms with Crippen LogP contribution in [-0.2, 0) is 23.8 Å². The van der Waals surface area contributed by atoms with Crippen LogP contribution in [0.2, 0.25) is 5.02 Å². The van der Waals surface area contributed by atoms with Crippen molar-refractivity contribution in [3.05, 3.63) is 129 Å². The normalized spacial score (nSPS) is 17.0. The first kappa shape index (κ1) is 33.4. The summed E-state index contributed by atoms with van der Waals surface area (Å²) in [4.78, 5) is 42.6. The van der Waals surface area contributed by atoms with Gasteiger partial charge in [-0.15, -0.1) is 23.2 Å². The molecule has 3 aromatic carbocycles. The number of hydrogen-bond acceptors (Lipinski definition) is 4. The monoisotopic (exact) mass is 698 g/mol. The third kappa shape index (κ3) is 6.77. The molecule has 1 N–H and O–H groups in total. The van der Waals surface area contributed by atoms with Crippen LogP contribution >= 0.6 is 34.8 Å². The second-order valence-electron chi connectivity index (χ2n) is 10.5. The van der Waals surface area contributed by atoms with Crippen LogP contribution in [0.3, 0.4) is 0 Å². The first-order valence-corrected chi connectivity index (χ1v) is 14.5. The summed E-state index contributed by atoms with van der Waals surface area (Å²) in [5, 5.41) is 2.43. The Labute approximate surface area is 272 Å². The van der Waals surface area contributed by atoms with Gasteiger partial charge in [0.15, 0.2) is 11.6 Å². The Hall–Kier alpha value is -3.93. The number of carbonyl (C=O) groups is 3. The summed E-state index contributed by atoms with van der Waals surface area (Å²) in [6.07, 6.45) is -3.49. The lowest BCUT2D eigenvalue weighted by molar-refractivity contribution is -0.140. The van der Waals surface area contributed by atoms with Crippen LogP contribution in [0.25, 0.3) is 0 Å². The zero-order valence-corrected chi connectivity index (χ0v) is 25.3. The van der Waals surface area contributed by atoms with Crippen molar-refractivity contribution in [2.24, 2.45) is 5.92 Å². The van der Waals surface area contributed by atoms with E-state index in [9.17, 15) is 36.3 Å². The molecule has 238 valence electrons. The van der Waals surface area contributed by atoms with E-state index in [1.54, 1.807) is 0 Å². The predicted molar refractivity (Wildman–Crippen MR) is 159 cm³/mol. The number of pyridine rings is 1. The van der Waals surface area contributed by atoms with Gasteiger partial charge >= 0.3 is 6.18 Å². The molecule has 5 nitrogen and oxygen atoms in total. The highest BCUT2D eigenvalue weighted by atomic mass is 35.5. The fourth-order valence-corrected chi connectivity index (χ4v) is 6.11. The van der Waals surface area contributed by atoms with Gasteiger partial charge in [-0.1, -0.05) is 23.7 Å². The van der Waals surface area contributed by atoms with Crippen LogP contribution in [0, 0.1) is 23.4 Å². The number of carbonyl (C=O) groups excluding carboxylic acids is 3. The van der Waals surface area contributed by atoms with Crippen molar-refractivity contribution in [2.45, 2.75) is 29.3 Å². The standard InChI is InChI=1S/C32H19Cl3F6N2O3/c33-22-6-5-18(43-30(46)28-27(31(28,34)35)15-3-8-24(37)21(10-15)32(39,40)41)12-19(22)26(45)11-16-4-7-23(36)20(29(16)38)13-25(44)17-2-1-9-42-14-17/h1-10,12,14,27-28H,11,13H2,(H,43,46)/t27-,28+/m0/s1. The van der Waals surface area contributed by atoms with Gasteiger partial charge in [-0.05, 0) is 59.7 Å². The highest BCUT2D eigenvalue weighted by Crippen LogP contribution is 2.65. The van der Waals surface area contributed by atoms with Crippen LogP contribution in [-0.4, -0.2) is 26.8 Å². The lowest BCUT2D eigenvalue weighted by Crippen LogP contribution is -2.18. The second kappa shape index (κ2) is 12.7. The highest BCUT2D eigenvalue weighted by molar-refractivity contribution is 6.53. The van der Waals surface area contributed by atoms with E-state index in [4.69, 9.17) is 34.8 Å². The molecule has 1 heterocycles. The quantitative estimate of drug-likeness (QED) is 0.108. The smallest absolute Gasteiger partial charge is 0.326 e. The van der Waals surface area contributed by atoms with Crippen molar-refractivity contribution < 1.29 is 40.7 Å². The van der Waals surface area contributed by atoms with Gasteiger partial charge in [0, 0.05) is 53.5 Å². The molecule has 0 bridgehead atoms. The number of benzene rings is 3. The van der Waals surface area contributed by atoms with Crippen molar-refractivity contribution in [3.8, 4) is 0 Å². The number of nitrogens with zero attached hydrogens (tertiary/aromatic N) is 1. The highest BCUT2D eigenvalue weighted by Gasteiger charge is 2.67. The van der Waals surface area contributed by atoms with E-state index >= 15 is 4.39 Å². The van der Waals surface area contributed by atoms with E-state index in [0.717, 1.165) is 18.2 Å². The molecule has 0 saturated heterocycles. The molecule has 1 aromatic heterocycles. The number of hydrogen-bond donors (Lipinski definition) is 1. The van der Waals surface area contributed by atoms with Crippen LogP contribution in [0.15, 0.2) is 73.1 Å². The minimum absolute atomic E-state index is 0.0324. The molecule has 46 heavy (non-hydrogen) atoms. The summed E-state index contributed by atoms with van der Waals surface area (Å²) in [5.41, 5.74) is -2.34. The fourth-order valence-electron chi connectivity index (χ4n) is 5.06. The van der Waals surface area contributed by atoms with Crippen molar-refractivity contribution >= 4 is 58.0 Å².